The highest BCUT2D eigenvalue weighted by atomic mass is 16.5. The predicted octanol–water partition coefficient (Wildman–Crippen LogP) is 8.90. The number of aromatic amines is 1. The van der Waals surface area contributed by atoms with Crippen molar-refractivity contribution in [3.63, 3.8) is 0 Å². The fourth-order valence-electron chi connectivity index (χ4n) is 5.43. The number of hydrogen-bond donors (Lipinski definition) is 2. The quantitative estimate of drug-likeness (QED) is 0.154. The highest BCUT2D eigenvalue weighted by Crippen LogP contribution is 2.38. The van der Waals surface area contributed by atoms with Gasteiger partial charge in [-0.3, -0.25) is 14.7 Å². The molecule has 3 aromatic heterocycles. The maximum Gasteiger partial charge on any atom is 0.326 e. The largest absolute Gasteiger partial charge is 0.487 e. The van der Waals surface area contributed by atoms with E-state index in [1.165, 1.54) is 0 Å². The fourth-order valence-corrected chi connectivity index (χ4v) is 5.43. The molecule has 5 rings (SSSR count). The number of ether oxygens (including phenoxy) is 1. The molecule has 0 spiro atoms. The van der Waals surface area contributed by atoms with Gasteiger partial charge in [0.1, 0.15) is 23.7 Å². The molecule has 3 heterocycles. The van der Waals surface area contributed by atoms with Crippen LogP contribution in [-0.4, -0.2) is 27.5 Å². The molecule has 0 aliphatic carbocycles. The lowest BCUT2D eigenvalue weighted by molar-refractivity contribution is 0.256. The van der Waals surface area contributed by atoms with Crippen LogP contribution >= 0.6 is 0 Å². The second kappa shape index (κ2) is 14.4. The van der Waals surface area contributed by atoms with E-state index in [0.717, 1.165) is 51.2 Å². The molecule has 0 radical (unpaired) electrons. The molecule has 8 nitrogen and oxygen atoms in total. The number of carbonyl (C=O) groups is 1. The molecule has 0 aliphatic heterocycles. The third kappa shape index (κ3) is 7.62. The third-order valence-electron chi connectivity index (χ3n) is 8.02. The van der Waals surface area contributed by atoms with E-state index >= 15 is 0 Å². The summed E-state index contributed by atoms with van der Waals surface area (Å²) in [6.07, 6.45) is 4.14. The topological polar surface area (TPSA) is 100 Å². The first-order chi connectivity index (χ1) is 22.1. The van der Waals surface area contributed by atoms with Crippen molar-refractivity contribution in [1.29, 1.82) is 0 Å². The Balaban J connectivity index is 1.50. The molecule has 0 saturated carbocycles. The number of pyridine rings is 3. The first kappa shape index (κ1) is 32.4. The molecule has 0 aliphatic rings. The average molecular weight is 618 g/mol. The van der Waals surface area contributed by atoms with Gasteiger partial charge in [-0.1, -0.05) is 59.7 Å². The Morgan fingerprint density at radius 2 is 1.59 bits per heavy atom. The number of aromatic nitrogens is 3. The summed E-state index contributed by atoms with van der Waals surface area (Å²) in [5.41, 5.74) is 6.21. The van der Waals surface area contributed by atoms with Crippen molar-refractivity contribution in [3.8, 4) is 16.9 Å². The SMILES string of the molecule is CC(C)CCN(C(=O)Nc1c(C(C)C)cc(-c2cccc(OCc3ccccn3)c2)cc1C(C)C)c1cc2cccnc2[nH]c1=O. The second-order valence-corrected chi connectivity index (χ2v) is 12.7. The molecule has 2 aromatic carbocycles. The molecular weight excluding hydrogens is 574 g/mol. The number of urea groups is 1. The number of carbonyl (C=O) groups excluding carboxylic acids is 1. The van der Waals surface area contributed by atoms with Crippen molar-refractivity contribution in [3.05, 3.63) is 112 Å². The number of nitrogens with zero attached hydrogens (tertiary/aromatic N) is 3. The van der Waals surface area contributed by atoms with Gasteiger partial charge in [-0.05, 0) is 101 Å². The number of hydrogen-bond acceptors (Lipinski definition) is 5. The van der Waals surface area contributed by atoms with Crippen LogP contribution in [0.1, 0.15) is 76.6 Å². The van der Waals surface area contributed by atoms with E-state index in [0.29, 0.717) is 30.4 Å². The fraction of sp³-hybridized carbons (Fsp3) is 0.316. The first-order valence-electron chi connectivity index (χ1n) is 16.0. The van der Waals surface area contributed by atoms with E-state index in [1.54, 1.807) is 23.4 Å². The highest BCUT2D eigenvalue weighted by Gasteiger charge is 2.24. The summed E-state index contributed by atoms with van der Waals surface area (Å²) in [5.74, 6) is 1.34. The molecule has 0 saturated heterocycles. The normalized spacial score (nSPS) is 11.4. The number of nitrogens with one attached hydrogen (secondary N) is 2. The molecule has 0 bridgehead atoms. The Labute approximate surface area is 270 Å². The standard InChI is InChI=1S/C38H43N5O3/c1-24(2)15-18-43(34-22-28-12-10-17-40-36(28)42-37(34)44)38(45)41-35-32(25(3)4)20-29(21-33(35)26(5)6)27-11-9-14-31(19-27)46-23-30-13-7-8-16-39-30/h7-14,16-17,19-22,24-26H,15,18,23H2,1-6H3,(H,41,45)(H,40,42,44). The summed E-state index contributed by atoms with van der Waals surface area (Å²) in [5, 5.41) is 4.02. The van der Waals surface area contributed by atoms with Crippen LogP contribution in [0.4, 0.5) is 16.2 Å². The van der Waals surface area contributed by atoms with E-state index in [1.807, 2.05) is 48.5 Å². The van der Waals surface area contributed by atoms with Gasteiger partial charge in [0.15, 0.2) is 0 Å². The molecule has 8 heteroatoms. The minimum absolute atomic E-state index is 0.121. The van der Waals surface area contributed by atoms with Crippen molar-refractivity contribution >= 4 is 28.4 Å². The van der Waals surface area contributed by atoms with Crippen LogP contribution in [0.5, 0.6) is 5.75 Å². The Morgan fingerprint density at radius 1 is 0.848 bits per heavy atom. The number of anilines is 2. The van der Waals surface area contributed by atoms with Gasteiger partial charge in [0.25, 0.3) is 5.56 Å². The Hall–Kier alpha value is -4.98. The van der Waals surface area contributed by atoms with Crippen molar-refractivity contribution in [1.82, 2.24) is 15.0 Å². The maximum absolute atomic E-state index is 14.2. The summed E-state index contributed by atoms with van der Waals surface area (Å²) >= 11 is 0. The molecule has 0 fully saturated rings. The molecular formula is C38H43N5O3. The number of rotatable bonds is 11. The van der Waals surface area contributed by atoms with Gasteiger partial charge in [0.05, 0.1) is 5.69 Å². The first-order valence-corrected chi connectivity index (χ1v) is 16.0. The summed E-state index contributed by atoms with van der Waals surface area (Å²) in [7, 11) is 0. The van der Waals surface area contributed by atoms with Gasteiger partial charge in [-0.25, -0.2) is 9.78 Å². The highest BCUT2D eigenvalue weighted by molar-refractivity contribution is 6.03. The Kier molecular flexibility index (Phi) is 10.2. The lowest BCUT2D eigenvalue weighted by atomic mass is 9.88. The molecule has 2 N–H and O–H groups in total. The molecule has 46 heavy (non-hydrogen) atoms. The minimum atomic E-state index is -0.348. The van der Waals surface area contributed by atoms with E-state index in [9.17, 15) is 9.59 Å². The Morgan fingerprint density at radius 3 is 2.26 bits per heavy atom. The molecule has 0 unspecified atom stereocenters. The van der Waals surface area contributed by atoms with Crippen LogP contribution in [0.15, 0.2) is 90.0 Å². The van der Waals surface area contributed by atoms with Gasteiger partial charge in [0, 0.05) is 30.0 Å². The van der Waals surface area contributed by atoms with Crippen molar-refractivity contribution in [2.75, 3.05) is 16.8 Å². The molecule has 5 aromatic rings. The zero-order valence-corrected chi connectivity index (χ0v) is 27.5. The van der Waals surface area contributed by atoms with Crippen molar-refractivity contribution in [2.24, 2.45) is 5.92 Å². The van der Waals surface area contributed by atoms with Crippen molar-refractivity contribution in [2.45, 2.75) is 66.4 Å². The molecule has 238 valence electrons. The van der Waals surface area contributed by atoms with E-state index in [-0.39, 0.29) is 23.4 Å². The van der Waals surface area contributed by atoms with E-state index in [2.05, 4.69) is 80.0 Å². The van der Waals surface area contributed by atoms with Crippen LogP contribution in [0.25, 0.3) is 22.2 Å². The summed E-state index contributed by atoms with van der Waals surface area (Å²) in [6, 6.07) is 23.2. The van der Waals surface area contributed by atoms with Crippen LogP contribution in [0.2, 0.25) is 0 Å². The summed E-state index contributed by atoms with van der Waals surface area (Å²) in [4.78, 5) is 40.5. The van der Waals surface area contributed by atoms with E-state index < -0.39 is 0 Å². The monoisotopic (exact) mass is 617 g/mol. The van der Waals surface area contributed by atoms with Gasteiger partial charge in [-0.15, -0.1) is 0 Å². The lowest BCUT2D eigenvalue weighted by Crippen LogP contribution is -2.40. The van der Waals surface area contributed by atoms with E-state index in [4.69, 9.17) is 4.74 Å². The van der Waals surface area contributed by atoms with Crippen LogP contribution in [0, 0.1) is 5.92 Å². The van der Waals surface area contributed by atoms with Gasteiger partial charge >= 0.3 is 6.03 Å². The zero-order valence-electron chi connectivity index (χ0n) is 27.5. The Bertz CT molecular complexity index is 1840. The minimum Gasteiger partial charge on any atom is -0.487 e. The van der Waals surface area contributed by atoms with Gasteiger partial charge in [0.2, 0.25) is 0 Å². The maximum atomic E-state index is 14.2. The zero-order chi connectivity index (χ0) is 32.8. The lowest BCUT2D eigenvalue weighted by Gasteiger charge is -2.27. The number of fused-ring (bicyclic) bond motifs is 1. The van der Waals surface area contributed by atoms with Crippen LogP contribution < -0.4 is 20.5 Å². The number of amides is 2. The van der Waals surface area contributed by atoms with Crippen LogP contribution in [0.3, 0.4) is 0 Å². The molecule has 2 amide bonds. The summed E-state index contributed by atoms with van der Waals surface area (Å²) in [6.45, 7) is 13.5. The molecule has 0 atom stereocenters. The second-order valence-electron chi connectivity index (χ2n) is 12.7. The number of H-pyrrole nitrogens is 1. The van der Waals surface area contributed by atoms with Gasteiger partial charge < -0.3 is 15.0 Å². The summed E-state index contributed by atoms with van der Waals surface area (Å²) < 4.78 is 6.07. The third-order valence-corrected chi connectivity index (χ3v) is 8.02. The number of benzene rings is 2. The van der Waals surface area contributed by atoms with Gasteiger partial charge in [-0.2, -0.15) is 0 Å². The smallest absolute Gasteiger partial charge is 0.326 e. The van der Waals surface area contributed by atoms with Crippen molar-refractivity contribution < 1.29 is 9.53 Å². The predicted molar refractivity (Wildman–Crippen MR) is 187 cm³/mol. The van der Waals surface area contributed by atoms with Crippen LogP contribution in [-0.2, 0) is 6.61 Å². The average Bonchev–Trinajstić information content (AvgIpc) is 3.04.